The molecule has 0 bridgehead atoms. The van der Waals surface area contributed by atoms with Crippen molar-refractivity contribution in [1.82, 2.24) is 9.97 Å². The molecule has 1 aromatic rings. The van der Waals surface area contributed by atoms with Crippen molar-refractivity contribution in [1.29, 1.82) is 0 Å². The normalized spacial score (nSPS) is 11.6. The number of aromatic nitrogens is 2. The van der Waals surface area contributed by atoms with Gasteiger partial charge >= 0.3 is 6.01 Å². The molecule has 0 spiro atoms. The monoisotopic (exact) mass is 239 g/mol. The Hall–Kier alpha value is -1.20. The Balaban J connectivity index is 2.55. The zero-order chi connectivity index (χ0) is 12.9. The molecule has 0 unspecified atom stereocenters. The molecule has 96 valence electrons. The average molecular weight is 239 g/mol. The van der Waals surface area contributed by atoms with E-state index < -0.39 is 0 Å². The van der Waals surface area contributed by atoms with E-state index in [1.807, 2.05) is 26.8 Å². The van der Waals surface area contributed by atoms with Gasteiger partial charge in [0.25, 0.3) is 0 Å². The Morgan fingerprint density at radius 1 is 1.35 bits per heavy atom. The molecule has 0 aliphatic carbocycles. The topological polar surface area (TPSA) is 70.3 Å². The number of nitrogens with zero attached hydrogens (tertiary/aromatic N) is 2. The molecule has 0 aliphatic heterocycles. The third-order valence-electron chi connectivity index (χ3n) is 2.58. The smallest absolute Gasteiger partial charge is 0.316 e. The average Bonchev–Trinajstić information content (AvgIpc) is 2.28. The number of ether oxygens (including phenoxy) is 2. The molecule has 2 N–H and O–H groups in total. The summed E-state index contributed by atoms with van der Waals surface area (Å²) in [6.45, 7) is 6.84. The highest BCUT2D eigenvalue weighted by Crippen LogP contribution is 2.14. The largest absolute Gasteiger partial charge is 0.463 e. The number of hydrogen-bond acceptors (Lipinski definition) is 5. The van der Waals surface area contributed by atoms with E-state index in [1.165, 1.54) is 0 Å². The van der Waals surface area contributed by atoms with Gasteiger partial charge in [0, 0.05) is 25.8 Å². The summed E-state index contributed by atoms with van der Waals surface area (Å²) in [6, 6.07) is 2.24. The van der Waals surface area contributed by atoms with Gasteiger partial charge in [-0.1, -0.05) is 0 Å². The summed E-state index contributed by atoms with van der Waals surface area (Å²) < 4.78 is 10.8. The first-order valence-electron chi connectivity index (χ1n) is 5.69. The van der Waals surface area contributed by atoms with E-state index in [2.05, 4.69) is 9.97 Å². The van der Waals surface area contributed by atoms with E-state index in [4.69, 9.17) is 15.2 Å². The maximum absolute atomic E-state index is 5.54. The molecule has 0 saturated carbocycles. The van der Waals surface area contributed by atoms with Gasteiger partial charge in [-0.05, 0) is 26.8 Å². The predicted octanol–water partition coefficient (Wildman–Crippen LogP) is 1.44. The first kappa shape index (κ1) is 13.9. The van der Waals surface area contributed by atoms with Crippen LogP contribution in [0.15, 0.2) is 6.07 Å². The van der Waals surface area contributed by atoms with Gasteiger partial charge in [-0.25, -0.2) is 4.98 Å². The van der Waals surface area contributed by atoms with Crippen LogP contribution in [-0.2, 0) is 11.3 Å². The Morgan fingerprint density at radius 2 is 2.06 bits per heavy atom. The highest BCUT2D eigenvalue weighted by molar-refractivity contribution is 5.12. The molecule has 1 aromatic heterocycles. The second-order valence-corrected chi connectivity index (χ2v) is 4.55. The molecule has 0 saturated heterocycles. The molecule has 0 aromatic carbocycles. The second-order valence-electron chi connectivity index (χ2n) is 4.55. The standard InChI is InChI=1S/C12H21N3O2/c1-9-7-10(8-13)15-11(14-9)17-6-5-12(2,3)16-4/h7H,5-6,8,13H2,1-4H3. The molecule has 5 nitrogen and oxygen atoms in total. The van der Waals surface area contributed by atoms with Gasteiger partial charge in [0.1, 0.15) is 0 Å². The molecule has 0 radical (unpaired) electrons. The van der Waals surface area contributed by atoms with Gasteiger partial charge < -0.3 is 15.2 Å². The minimum atomic E-state index is -0.194. The molecule has 1 heterocycles. The number of hydrogen-bond donors (Lipinski definition) is 1. The van der Waals surface area contributed by atoms with Crippen molar-refractivity contribution in [3.8, 4) is 6.01 Å². The number of aryl methyl sites for hydroxylation is 1. The molecule has 5 heteroatoms. The summed E-state index contributed by atoms with van der Waals surface area (Å²) in [5.74, 6) is 0. The highest BCUT2D eigenvalue weighted by atomic mass is 16.5. The van der Waals surface area contributed by atoms with E-state index in [0.717, 1.165) is 17.8 Å². The van der Waals surface area contributed by atoms with E-state index >= 15 is 0 Å². The fourth-order valence-electron chi connectivity index (χ4n) is 1.26. The lowest BCUT2D eigenvalue weighted by atomic mass is 10.1. The SMILES string of the molecule is COC(C)(C)CCOc1nc(C)cc(CN)n1. The van der Waals surface area contributed by atoms with Crippen LogP contribution in [0.1, 0.15) is 31.7 Å². The summed E-state index contributed by atoms with van der Waals surface area (Å²) in [7, 11) is 1.69. The van der Waals surface area contributed by atoms with Crippen LogP contribution in [0.25, 0.3) is 0 Å². The summed E-state index contributed by atoms with van der Waals surface area (Å²) in [5.41, 5.74) is 7.00. The predicted molar refractivity (Wildman–Crippen MR) is 65.9 cm³/mol. The Morgan fingerprint density at radius 3 is 2.65 bits per heavy atom. The Labute approximate surface area is 102 Å². The quantitative estimate of drug-likeness (QED) is 0.813. The van der Waals surface area contributed by atoms with Crippen LogP contribution in [-0.4, -0.2) is 29.3 Å². The summed E-state index contributed by atoms with van der Waals surface area (Å²) in [4.78, 5) is 8.40. The fourth-order valence-corrected chi connectivity index (χ4v) is 1.26. The molecule has 0 amide bonds. The van der Waals surface area contributed by atoms with Gasteiger partial charge in [0.2, 0.25) is 0 Å². The lowest BCUT2D eigenvalue weighted by Crippen LogP contribution is -2.25. The lowest BCUT2D eigenvalue weighted by molar-refractivity contribution is 0.00464. The third kappa shape index (κ3) is 4.66. The van der Waals surface area contributed by atoms with Crippen LogP contribution in [0, 0.1) is 6.92 Å². The van der Waals surface area contributed by atoms with Gasteiger partial charge in [-0.3, -0.25) is 0 Å². The Bertz CT molecular complexity index is 367. The third-order valence-corrected chi connectivity index (χ3v) is 2.58. The van der Waals surface area contributed by atoms with Crippen LogP contribution in [0.4, 0.5) is 0 Å². The van der Waals surface area contributed by atoms with Crippen LogP contribution in [0.2, 0.25) is 0 Å². The van der Waals surface area contributed by atoms with Crippen molar-refractivity contribution in [2.75, 3.05) is 13.7 Å². The maximum Gasteiger partial charge on any atom is 0.316 e. The van der Waals surface area contributed by atoms with Gasteiger partial charge in [0.05, 0.1) is 17.9 Å². The summed E-state index contributed by atoms with van der Waals surface area (Å²) in [5, 5.41) is 0. The van der Waals surface area contributed by atoms with Crippen LogP contribution >= 0.6 is 0 Å². The van der Waals surface area contributed by atoms with Crippen molar-refractivity contribution >= 4 is 0 Å². The molecule has 17 heavy (non-hydrogen) atoms. The van der Waals surface area contributed by atoms with Crippen LogP contribution in [0.5, 0.6) is 6.01 Å². The minimum absolute atomic E-state index is 0.194. The van der Waals surface area contributed by atoms with Gasteiger partial charge in [-0.2, -0.15) is 4.98 Å². The van der Waals surface area contributed by atoms with Crippen molar-refractivity contribution in [3.05, 3.63) is 17.5 Å². The zero-order valence-electron chi connectivity index (χ0n) is 11.0. The first-order chi connectivity index (χ1) is 7.96. The summed E-state index contributed by atoms with van der Waals surface area (Å²) in [6.07, 6.45) is 0.777. The van der Waals surface area contributed by atoms with Crippen molar-refractivity contribution in [2.45, 2.75) is 39.3 Å². The van der Waals surface area contributed by atoms with E-state index in [0.29, 0.717) is 19.2 Å². The maximum atomic E-state index is 5.54. The number of nitrogens with two attached hydrogens (primary N) is 1. The molecule has 0 aliphatic rings. The van der Waals surface area contributed by atoms with Crippen molar-refractivity contribution in [3.63, 3.8) is 0 Å². The first-order valence-corrected chi connectivity index (χ1v) is 5.69. The number of methoxy groups -OCH3 is 1. The van der Waals surface area contributed by atoms with Crippen molar-refractivity contribution < 1.29 is 9.47 Å². The zero-order valence-corrected chi connectivity index (χ0v) is 11.0. The van der Waals surface area contributed by atoms with E-state index in [-0.39, 0.29) is 5.60 Å². The molecule has 1 rings (SSSR count). The van der Waals surface area contributed by atoms with Crippen LogP contribution in [0.3, 0.4) is 0 Å². The lowest BCUT2D eigenvalue weighted by Gasteiger charge is -2.22. The molecule has 0 atom stereocenters. The van der Waals surface area contributed by atoms with Gasteiger partial charge in [0.15, 0.2) is 0 Å². The molecular weight excluding hydrogens is 218 g/mol. The number of rotatable bonds is 6. The molecule has 0 fully saturated rings. The van der Waals surface area contributed by atoms with Gasteiger partial charge in [-0.15, -0.1) is 0 Å². The fraction of sp³-hybridized carbons (Fsp3) is 0.667. The van der Waals surface area contributed by atoms with E-state index in [9.17, 15) is 0 Å². The Kier molecular flexibility index (Phi) is 4.84. The molecular formula is C12H21N3O2. The second kappa shape index (κ2) is 5.93. The van der Waals surface area contributed by atoms with E-state index in [1.54, 1.807) is 7.11 Å². The van der Waals surface area contributed by atoms with Crippen LogP contribution < -0.4 is 10.5 Å². The van der Waals surface area contributed by atoms with Crippen molar-refractivity contribution in [2.24, 2.45) is 5.73 Å². The minimum Gasteiger partial charge on any atom is -0.463 e. The summed E-state index contributed by atoms with van der Waals surface area (Å²) >= 11 is 0. The highest BCUT2D eigenvalue weighted by Gasteiger charge is 2.16.